The molecule has 2 N–H and O–H groups in total. The average molecular weight is 477 g/mol. The lowest BCUT2D eigenvalue weighted by molar-refractivity contribution is -0.100. The van der Waals surface area contributed by atoms with Gasteiger partial charge in [0.25, 0.3) is 10.0 Å². The van der Waals surface area contributed by atoms with Crippen LogP contribution in [-0.4, -0.2) is 37.1 Å². The van der Waals surface area contributed by atoms with Gasteiger partial charge in [-0.2, -0.15) is 0 Å². The van der Waals surface area contributed by atoms with Crippen LogP contribution >= 0.6 is 23.2 Å². The molecule has 162 valence electrons. The Morgan fingerprint density at radius 1 is 0.903 bits per heavy atom. The highest BCUT2D eigenvalue weighted by molar-refractivity contribution is 7.92. The number of anilines is 1. The monoisotopic (exact) mass is 476 g/mol. The van der Waals surface area contributed by atoms with Gasteiger partial charge in [0.05, 0.1) is 15.6 Å². The summed E-state index contributed by atoms with van der Waals surface area (Å²) in [6.07, 6.45) is 0.636. The van der Waals surface area contributed by atoms with Gasteiger partial charge in [0.2, 0.25) is 0 Å². The zero-order valence-electron chi connectivity index (χ0n) is 16.6. The summed E-state index contributed by atoms with van der Waals surface area (Å²) in [6.45, 7) is 1.89. The molecule has 1 heterocycles. The van der Waals surface area contributed by atoms with Crippen molar-refractivity contribution in [2.75, 3.05) is 17.8 Å². The van der Waals surface area contributed by atoms with Crippen molar-refractivity contribution in [1.29, 1.82) is 0 Å². The summed E-state index contributed by atoms with van der Waals surface area (Å²) in [6, 6.07) is 21.6. The minimum Gasteiger partial charge on any atom is -0.387 e. The summed E-state index contributed by atoms with van der Waals surface area (Å²) in [5.41, 5.74) is 1.89. The van der Waals surface area contributed by atoms with Crippen molar-refractivity contribution in [2.24, 2.45) is 0 Å². The van der Waals surface area contributed by atoms with Gasteiger partial charge in [0, 0.05) is 31.7 Å². The standard InChI is InChI=1S/C23H22Cl2N2O3S/c24-20-7-4-8-21(22(20)25)31(29,30)26-19-11-9-18(10-12-19)14-27-15-23(28,16-27)13-17-5-2-1-3-6-17/h1-12,26,28H,13-16H2. The van der Waals surface area contributed by atoms with E-state index in [4.69, 9.17) is 23.2 Å². The second-order valence-electron chi connectivity index (χ2n) is 7.89. The lowest BCUT2D eigenvalue weighted by Gasteiger charge is -2.46. The molecule has 31 heavy (non-hydrogen) atoms. The van der Waals surface area contributed by atoms with Crippen LogP contribution in [0.25, 0.3) is 0 Å². The van der Waals surface area contributed by atoms with Gasteiger partial charge >= 0.3 is 0 Å². The smallest absolute Gasteiger partial charge is 0.263 e. The first-order valence-electron chi connectivity index (χ1n) is 9.79. The van der Waals surface area contributed by atoms with Crippen LogP contribution in [0.1, 0.15) is 11.1 Å². The number of halogens is 2. The van der Waals surface area contributed by atoms with Crippen molar-refractivity contribution < 1.29 is 13.5 Å². The first kappa shape index (κ1) is 22.1. The summed E-state index contributed by atoms with van der Waals surface area (Å²) in [5, 5.41) is 10.9. The molecule has 0 aromatic heterocycles. The van der Waals surface area contributed by atoms with E-state index in [2.05, 4.69) is 9.62 Å². The van der Waals surface area contributed by atoms with Crippen LogP contribution in [0.2, 0.25) is 10.0 Å². The lowest BCUT2D eigenvalue weighted by Crippen LogP contribution is -2.62. The van der Waals surface area contributed by atoms with E-state index in [9.17, 15) is 13.5 Å². The molecular weight excluding hydrogens is 455 g/mol. The Hall–Kier alpha value is -2.09. The molecule has 3 aromatic rings. The molecule has 1 aliphatic rings. The van der Waals surface area contributed by atoms with Crippen LogP contribution in [0.5, 0.6) is 0 Å². The number of sulfonamides is 1. The molecule has 0 spiro atoms. The number of β-amino-alcohol motifs (C(OH)–C–C–N with tert-alkyl or cyclic N) is 1. The van der Waals surface area contributed by atoms with Crippen LogP contribution in [-0.2, 0) is 23.0 Å². The minimum atomic E-state index is -3.85. The molecule has 0 saturated carbocycles. The number of likely N-dealkylation sites (tertiary alicyclic amines) is 1. The molecular formula is C23H22Cl2N2O3S. The largest absolute Gasteiger partial charge is 0.387 e. The van der Waals surface area contributed by atoms with E-state index < -0.39 is 15.6 Å². The van der Waals surface area contributed by atoms with Gasteiger partial charge in [-0.1, -0.05) is 71.7 Å². The Kier molecular flexibility index (Phi) is 6.28. The molecule has 4 rings (SSSR count). The molecule has 8 heteroatoms. The minimum absolute atomic E-state index is 0.00550. The van der Waals surface area contributed by atoms with Crippen molar-refractivity contribution in [1.82, 2.24) is 4.90 Å². The van der Waals surface area contributed by atoms with Crippen molar-refractivity contribution in [3.05, 3.63) is 94.0 Å². The molecule has 1 fully saturated rings. The van der Waals surface area contributed by atoms with Crippen LogP contribution in [0, 0.1) is 0 Å². The first-order valence-corrected chi connectivity index (χ1v) is 12.0. The third-order valence-corrected chi connectivity index (χ3v) is 7.58. The van der Waals surface area contributed by atoms with E-state index in [0.29, 0.717) is 31.7 Å². The number of rotatable bonds is 7. The van der Waals surface area contributed by atoms with Crippen LogP contribution in [0.4, 0.5) is 5.69 Å². The van der Waals surface area contributed by atoms with Gasteiger partial charge in [-0.15, -0.1) is 0 Å². The van der Waals surface area contributed by atoms with Gasteiger partial charge < -0.3 is 5.11 Å². The molecule has 1 saturated heterocycles. The fourth-order valence-corrected chi connectivity index (χ4v) is 5.64. The summed E-state index contributed by atoms with van der Waals surface area (Å²) >= 11 is 12.0. The normalized spacial score (nSPS) is 16.0. The number of benzene rings is 3. The zero-order valence-corrected chi connectivity index (χ0v) is 19.0. The average Bonchev–Trinajstić information content (AvgIpc) is 2.71. The van der Waals surface area contributed by atoms with Crippen LogP contribution in [0.3, 0.4) is 0 Å². The van der Waals surface area contributed by atoms with Gasteiger partial charge in [0.15, 0.2) is 0 Å². The number of aliphatic hydroxyl groups is 1. The third kappa shape index (κ3) is 5.22. The number of hydrogen-bond donors (Lipinski definition) is 2. The van der Waals surface area contributed by atoms with Gasteiger partial charge in [-0.25, -0.2) is 8.42 Å². The molecule has 0 bridgehead atoms. The highest BCUT2D eigenvalue weighted by atomic mass is 35.5. The number of hydrogen-bond acceptors (Lipinski definition) is 4. The second-order valence-corrected chi connectivity index (χ2v) is 10.3. The first-order chi connectivity index (χ1) is 14.7. The van der Waals surface area contributed by atoms with Crippen LogP contribution in [0.15, 0.2) is 77.7 Å². The zero-order chi connectivity index (χ0) is 22.1. The Morgan fingerprint density at radius 3 is 2.26 bits per heavy atom. The fraction of sp³-hybridized carbons (Fsp3) is 0.217. The Morgan fingerprint density at radius 2 is 1.58 bits per heavy atom. The lowest BCUT2D eigenvalue weighted by atomic mass is 9.87. The van der Waals surface area contributed by atoms with E-state index >= 15 is 0 Å². The summed E-state index contributed by atoms with van der Waals surface area (Å²) in [5.74, 6) is 0. The Balaban J connectivity index is 1.34. The summed E-state index contributed by atoms with van der Waals surface area (Å²) in [4.78, 5) is 2.09. The van der Waals surface area contributed by atoms with Crippen molar-refractivity contribution in [3.63, 3.8) is 0 Å². The fourth-order valence-electron chi connectivity index (χ4n) is 3.82. The predicted octanol–water partition coefficient (Wildman–Crippen LogP) is 4.58. The number of nitrogens with zero attached hydrogens (tertiary/aromatic N) is 1. The Bertz CT molecular complexity index is 1160. The third-order valence-electron chi connectivity index (χ3n) is 5.23. The topological polar surface area (TPSA) is 69.6 Å². The molecule has 0 aliphatic carbocycles. The molecule has 5 nitrogen and oxygen atoms in total. The molecule has 3 aromatic carbocycles. The maximum atomic E-state index is 12.6. The maximum absolute atomic E-state index is 12.6. The SMILES string of the molecule is O=S(=O)(Nc1ccc(CN2CC(O)(Cc3ccccc3)C2)cc1)c1cccc(Cl)c1Cl. The second kappa shape index (κ2) is 8.81. The van der Waals surface area contributed by atoms with Crippen LogP contribution < -0.4 is 4.72 Å². The van der Waals surface area contributed by atoms with Gasteiger partial charge in [-0.05, 0) is 35.4 Å². The van der Waals surface area contributed by atoms with Gasteiger partial charge in [-0.3, -0.25) is 9.62 Å². The highest BCUT2D eigenvalue weighted by Gasteiger charge is 2.40. The van der Waals surface area contributed by atoms with E-state index in [1.165, 1.54) is 18.2 Å². The van der Waals surface area contributed by atoms with Gasteiger partial charge in [0.1, 0.15) is 4.90 Å². The maximum Gasteiger partial charge on any atom is 0.263 e. The predicted molar refractivity (Wildman–Crippen MR) is 124 cm³/mol. The highest BCUT2D eigenvalue weighted by Crippen LogP contribution is 2.31. The van der Waals surface area contributed by atoms with E-state index in [-0.39, 0.29) is 14.9 Å². The number of nitrogens with one attached hydrogen (secondary N) is 1. The molecule has 0 radical (unpaired) electrons. The van der Waals surface area contributed by atoms with Crippen molar-refractivity contribution in [3.8, 4) is 0 Å². The van der Waals surface area contributed by atoms with E-state index in [1.807, 2.05) is 42.5 Å². The van der Waals surface area contributed by atoms with E-state index in [0.717, 1.165) is 11.1 Å². The Labute approximate surface area is 192 Å². The summed E-state index contributed by atoms with van der Waals surface area (Å²) in [7, 11) is -3.85. The van der Waals surface area contributed by atoms with Crippen molar-refractivity contribution in [2.45, 2.75) is 23.5 Å². The molecule has 0 atom stereocenters. The quantitative estimate of drug-likeness (QED) is 0.523. The summed E-state index contributed by atoms with van der Waals surface area (Å²) < 4.78 is 27.8. The molecule has 0 unspecified atom stereocenters. The van der Waals surface area contributed by atoms with Crippen molar-refractivity contribution >= 4 is 38.9 Å². The van der Waals surface area contributed by atoms with E-state index in [1.54, 1.807) is 12.1 Å². The molecule has 1 aliphatic heterocycles. The molecule has 0 amide bonds.